The van der Waals surface area contributed by atoms with Gasteiger partial charge in [-0.25, -0.2) is 4.39 Å². The van der Waals surface area contributed by atoms with Crippen LogP contribution in [0.4, 0.5) is 17.6 Å². The average Bonchev–Trinajstić information content (AvgIpc) is 3.31. The van der Waals surface area contributed by atoms with E-state index in [1.807, 2.05) is 29.8 Å². The molecule has 0 spiro atoms. The quantitative estimate of drug-likeness (QED) is 0.453. The smallest absolute Gasteiger partial charge is 0.348 e. The second-order valence-corrected chi connectivity index (χ2v) is 8.48. The van der Waals surface area contributed by atoms with Gasteiger partial charge in [-0.2, -0.15) is 13.2 Å². The lowest BCUT2D eigenvalue weighted by Gasteiger charge is -2.38. The van der Waals surface area contributed by atoms with Crippen molar-refractivity contribution in [1.29, 1.82) is 0 Å². The molecule has 0 saturated carbocycles. The molecule has 0 fully saturated rings. The molecule has 5 nitrogen and oxygen atoms in total. The molecule has 2 heterocycles. The first-order chi connectivity index (χ1) is 16.7. The topological polar surface area (TPSA) is 45.6 Å². The Morgan fingerprint density at radius 3 is 2.51 bits per heavy atom. The summed E-state index contributed by atoms with van der Waals surface area (Å²) in [6, 6.07) is 13.4. The molecular formula is C26H25F4N3O2. The van der Waals surface area contributed by atoms with Crippen molar-refractivity contribution in [2.75, 3.05) is 19.6 Å². The molecular weight excluding hydrogens is 462 g/mol. The summed E-state index contributed by atoms with van der Waals surface area (Å²) in [5.74, 6) is -1.43. The summed E-state index contributed by atoms with van der Waals surface area (Å²) in [4.78, 5) is 29.5. The monoisotopic (exact) mass is 487 g/mol. The van der Waals surface area contributed by atoms with Crippen LogP contribution in [0.3, 0.4) is 0 Å². The molecule has 4 rings (SSSR count). The summed E-state index contributed by atoms with van der Waals surface area (Å²) in [5, 5.41) is 0. The van der Waals surface area contributed by atoms with Gasteiger partial charge in [-0.05, 0) is 54.4 Å². The van der Waals surface area contributed by atoms with Crippen LogP contribution in [0.5, 0.6) is 0 Å². The van der Waals surface area contributed by atoms with Gasteiger partial charge in [0.1, 0.15) is 12.4 Å². The molecule has 1 aliphatic heterocycles. The number of nitrogens with zero attached hydrogens (tertiary/aromatic N) is 3. The number of carbonyl (C=O) groups excluding carboxylic acids is 2. The summed E-state index contributed by atoms with van der Waals surface area (Å²) in [6.07, 6.45) is -2.17. The molecule has 1 aromatic heterocycles. The van der Waals surface area contributed by atoms with E-state index in [9.17, 15) is 27.2 Å². The number of hydrogen-bond acceptors (Lipinski definition) is 2. The molecule has 0 radical (unpaired) electrons. The normalized spacial score (nSPS) is 15.6. The number of aromatic nitrogens is 1. The lowest BCUT2D eigenvalue weighted by atomic mass is 9.99. The van der Waals surface area contributed by atoms with Crippen LogP contribution in [-0.2, 0) is 17.5 Å². The van der Waals surface area contributed by atoms with Crippen molar-refractivity contribution in [1.82, 2.24) is 14.4 Å². The van der Waals surface area contributed by atoms with E-state index < -0.39 is 29.5 Å². The van der Waals surface area contributed by atoms with Crippen LogP contribution in [0.25, 0.3) is 0 Å². The summed E-state index contributed by atoms with van der Waals surface area (Å²) >= 11 is 0. The summed E-state index contributed by atoms with van der Waals surface area (Å²) < 4.78 is 55.5. The number of halogens is 4. The Balaban J connectivity index is 1.61. The molecule has 0 saturated heterocycles. The molecule has 1 atom stereocenters. The fourth-order valence-electron chi connectivity index (χ4n) is 4.47. The van der Waals surface area contributed by atoms with Gasteiger partial charge in [0, 0.05) is 37.1 Å². The predicted octanol–water partition coefficient (Wildman–Crippen LogP) is 5.13. The highest BCUT2D eigenvalue weighted by molar-refractivity contribution is 5.96. The molecule has 2 aromatic carbocycles. The Bertz CT molecular complexity index is 1220. The highest BCUT2D eigenvalue weighted by Gasteiger charge is 2.34. The minimum absolute atomic E-state index is 0.129. The zero-order valence-electron chi connectivity index (χ0n) is 19.1. The summed E-state index contributed by atoms with van der Waals surface area (Å²) in [7, 11) is 0. The first-order valence-corrected chi connectivity index (χ1v) is 11.4. The van der Waals surface area contributed by atoms with Crippen LogP contribution < -0.4 is 0 Å². The van der Waals surface area contributed by atoms with E-state index in [1.54, 1.807) is 17.0 Å². The van der Waals surface area contributed by atoms with Gasteiger partial charge in [0.25, 0.3) is 5.91 Å². The maximum absolute atomic E-state index is 14.0. The fraction of sp³-hybridized carbons (Fsp3) is 0.308. The first-order valence-electron chi connectivity index (χ1n) is 11.4. The highest BCUT2D eigenvalue weighted by atomic mass is 19.4. The number of hydrogen-bond donors (Lipinski definition) is 0. The fourth-order valence-corrected chi connectivity index (χ4v) is 4.47. The molecule has 3 aromatic rings. The minimum atomic E-state index is -4.58. The maximum Gasteiger partial charge on any atom is 0.416 e. The average molecular weight is 487 g/mol. The van der Waals surface area contributed by atoms with Crippen molar-refractivity contribution in [3.8, 4) is 0 Å². The number of benzene rings is 2. The molecule has 35 heavy (non-hydrogen) atoms. The standard InChI is InChI=1S/C26H25F4N3O2/c1-2-11-32(25(35)19-7-3-8-20(15-19)26(28,29)30)17-23(34)33-14-13-31-12-5-10-22(31)24(33)18-6-4-9-21(27)16-18/h3-10,12,15-16,24H,2,11,13-14,17H2,1H3. The first kappa shape index (κ1) is 24.5. The lowest BCUT2D eigenvalue weighted by Crippen LogP contribution is -2.48. The Morgan fingerprint density at radius 2 is 1.80 bits per heavy atom. The minimum Gasteiger partial charge on any atom is -0.348 e. The van der Waals surface area contributed by atoms with Crippen LogP contribution >= 0.6 is 0 Å². The zero-order chi connectivity index (χ0) is 25.2. The van der Waals surface area contributed by atoms with Crippen molar-refractivity contribution in [2.24, 2.45) is 0 Å². The third-order valence-corrected chi connectivity index (χ3v) is 6.07. The van der Waals surface area contributed by atoms with Gasteiger partial charge in [-0.1, -0.05) is 25.1 Å². The van der Waals surface area contributed by atoms with Crippen LogP contribution in [0.2, 0.25) is 0 Å². The predicted molar refractivity (Wildman–Crippen MR) is 122 cm³/mol. The number of fused-ring (bicyclic) bond motifs is 1. The molecule has 9 heteroatoms. The Kier molecular flexibility index (Phi) is 6.95. The molecule has 2 amide bonds. The summed E-state index contributed by atoms with van der Waals surface area (Å²) in [5.41, 5.74) is 0.370. The van der Waals surface area contributed by atoms with E-state index in [-0.39, 0.29) is 24.6 Å². The van der Waals surface area contributed by atoms with Crippen LogP contribution in [0, 0.1) is 5.82 Å². The molecule has 0 aliphatic carbocycles. The number of rotatable bonds is 6. The van der Waals surface area contributed by atoms with Gasteiger partial charge in [0.2, 0.25) is 5.91 Å². The van der Waals surface area contributed by atoms with E-state index in [0.29, 0.717) is 25.1 Å². The molecule has 0 bridgehead atoms. The van der Waals surface area contributed by atoms with Gasteiger partial charge in [0.15, 0.2) is 0 Å². The third-order valence-electron chi connectivity index (χ3n) is 6.07. The number of carbonyl (C=O) groups is 2. The maximum atomic E-state index is 14.0. The van der Waals surface area contributed by atoms with Crippen molar-refractivity contribution < 1.29 is 27.2 Å². The molecule has 1 unspecified atom stereocenters. The van der Waals surface area contributed by atoms with E-state index in [1.165, 1.54) is 29.2 Å². The van der Waals surface area contributed by atoms with Crippen molar-refractivity contribution >= 4 is 11.8 Å². The van der Waals surface area contributed by atoms with Crippen LogP contribution in [-0.4, -0.2) is 45.8 Å². The van der Waals surface area contributed by atoms with Crippen molar-refractivity contribution in [2.45, 2.75) is 32.1 Å². The third kappa shape index (κ3) is 5.23. The Hall–Kier alpha value is -3.62. The number of alkyl halides is 3. The van der Waals surface area contributed by atoms with E-state index >= 15 is 0 Å². The van der Waals surface area contributed by atoms with E-state index in [0.717, 1.165) is 17.8 Å². The SMILES string of the molecule is CCCN(CC(=O)N1CCn2cccc2C1c1cccc(F)c1)C(=O)c1cccc(C(F)(F)F)c1. The number of amides is 2. The second-order valence-electron chi connectivity index (χ2n) is 8.48. The van der Waals surface area contributed by atoms with Crippen LogP contribution in [0.15, 0.2) is 66.9 Å². The second kappa shape index (κ2) is 9.93. The Labute approximate surface area is 200 Å². The molecule has 1 aliphatic rings. The van der Waals surface area contributed by atoms with Gasteiger partial charge in [0.05, 0.1) is 11.6 Å². The van der Waals surface area contributed by atoms with Crippen molar-refractivity contribution in [3.05, 3.63) is 95.1 Å². The zero-order valence-corrected chi connectivity index (χ0v) is 19.1. The lowest BCUT2D eigenvalue weighted by molar-refractivity contribution is -0.137. The van der Waals surface area contributed by atoms with Gasteiger partial charge >= 0.3 is 6.18 Å². The van der Waals surface area contributed by atoms with E-state index in [4.69, 9.17) is 0 Å². The van der Waals surface area contributed by atoms with Gasteiger partial charge in [-0.3, -0.25) is 9.59 Å². The highest BCUT2D eigenvalue weighted by Crippen LogP contribution is 2.33. The van der Waals surface area contributed by atoms with Crippen molar-refractivity contribution in [3.63, 3.8) is 0 Å². The molecule has 184 valence electrons. The van der Waals surface area contributed by atoms with Gasteiger partial charge in [-0.15, -0.1) is 0 Å². The van der Waals surface area contributed by atoms with E-state index in [2.05, 4.69) is 0 Å². The Morgan fingerprint density at radius 1 is 1.03 bits per heavy atom. The summed E-state index contributed by atoms with van der Waals surface area (Å²) in [6.45, 7) is 2.61. The van der Waals surface area contributed by atoms with Crippen LogP contribution in [0.1, 0.15) is 46.6 Å². The van der Waals surface area contributed by atoms with Gasteiger partial charge < -0.3 is 14.4 Å². The molecule has 0 N–H and O–H groups in total. The largest absolute Gasteiger partial charge is 0.416 e.